The Morgan fingerprint density at radius 2 is 1.89 bits per heavy atom. The SMILES string of the molecule is CNc1ccc(-c2ccc3c(CCCN4CCS(=O)(=O)CC4)c(C)n(-c4cnn(C)c4)c3n2)cn1. The highest BCUT2D eigenvalue weighted by molar-refractivity contribution is 7.91. The van der Waals surface area contributed by atoms with E-state index in [0.29, 0.717) is 13.1 Å². The van der Waals surface area contributed by atoms with Crippen LogP contribution in [0.2, 0.25) is 0 Å². The van der Waals surface area contributed by atoms with Crippen LogP contribution < -0.4 is 5.32 Å². The lowest BCUT2D eigenvalue weighted by Gasteiger charge is -2.26. The van der Waals surface area contributed by atoms with Gasteiger partial charge >= 0.3 is 0 Å². The fourth-order valence-electron chi connectivity index (χ4n) is 4.81. The van der Waals surface area contributed by atoms with Gasteiger partial charge < -0.3 is 10.2 Å². The van der Waals surface area contributed by atoms with Gasteiger partial charge in [0.25, 0.3) is 0 Å². The highest BCUT2D eigenvalue weighted by Gasteiger charge is 2.22. The van der Waals surface area contributed by atoms with Crippen LogP contribution in [0.25, 0.3) is 28.0 Å². The van der Waals surface area contributed by atoms with Crippen molar-refractivity contribution in [3.63, 3.8) is 0 Å². The van der Waals surface area contributed by atoms with Gasteiger partial charge in [0.15, 0.2) is 9.84 Å². The molecule has 0 saturated carbocycles. The molecule has 5 rings (SSSR count). The van der Waals surface area contributed by atoms with Crippen LogP contribution in [-0.2, 0) is 23.3 Å². The summed E-state index contributed by atoms with van der Waals surface area (Å²) in [4.78, 5) is 11.8. The molecule has 0 amide bonds. The number of nitrogens with one attached hydrogen (secondary N) is 1. The van der Waals surface area contributed by atoms with Gasteiger partial charge in [-0.2, -0.15) is 5.10 Å². The zero-order valence-electron chi connectivity index (χ0n) is 20.4. The minimum absolute atomic E-state index is 0.267. The van der Waals surface area contributed by atoms with Gasteiger partial charge in [-0.25, -0.2) is 18.4 Å². The molecule has 1 N–H and O–H groups in total. The molecule has 4 aromatic rings. The lowest BCUT2D eigenvalue weighted by atomic mass is 10.1. The summed E-state index contributed by atoms with van der Waals surface area (Å²) in [7, 11) is 0.913. The average Bonchev–Trinajstić information content (AvgIpc) is 3.39. The number of hydrogen-bond donors (Lipinski definition) is 1. The maximum absolute atomic E-state index is 11.7. The fraction of sp³-hybridized carbons (Fsp3) is 0.400. The van der Waals surface area contributed by atoms with Crippen molar-refractivity contribution in [1.29, 1.82) is 0 Å². The number of aryl methyl sites for hydroxylation is 2. The monoisotopic (exact) mass is 493 g/mol. The molecule has 0 unspecified atom stereocenters. The van der Waals surface area contributed by atoms with Crippen molar-refractivity contribution in [2.75, 3.05) is 43.5 Å². The normalized spacial score (nSPS) is 16.1. The van der Waals surface area contributed by atoms with Gasteiger partial charge in [0.2, 0.25) is 0 Å². The van der Waals surface area contributed by atoms with Crippen LogP contribution in [0, 0.1) is 6.92 Å². The summed E-state index contributed by atoms with van der Waals surface area (Å²) in [5, 5.41) is 8.56. The van der Waals surface area contributed by atoms with Crippen molar-refractivity contribution >= 4 is 26.7 Å². The number of hydrogen-bond acceptors (Lipinski definition) is 7. The number of aromatic nitrogens is 5. The summed E-state index contributed by atoms with van der Waals surface area (Å²) in [5.74, 6) is 1.35. The van der Waals surface area contributed by atoms with Gasteiger partial charge in [0.05, 0.1) is 29.1 Å². The Kier molecular flexibility index (Phi) is 6.33. The molecule has 0 radical (unpaired) electrons. The third-order valence-corrected chi connectivity index (χ3v) is 8.40. The van der Waals surface area contributed by atoms with E-state index in [-0.39, 0.29) is 11.5 Å². The average molecular weight is 494 g/mol. The van der Waals surface area contributed by atoms with Crippen LogP contribution in [0.1, 0.15) is 17.7 Å². The van der Waals surface area contributed by atoms with Gasteiger partial charge in [-0.1, -0.05) is 0 Å². The molecule has 0 spiro atoms. The molecule has 0 aromatic carbocycles. The maximum atomic E-state index is 11.7. The van der Waals surface area contributed by atoms with Crippen molar-refractivity contribution < 1.29 is 8.42 Å². The van der Waals surface area contributed by atoms with Crippen LogP contribution in [0.3, 0.4) is 0 Å². The lowest BCUT2D eigenvalue weighted by Crippen LogP contribution is -2.40. The van der Waals surface area contributed by atoms with E-state index in [2.05, 4.69) is 43.9 Å². The molecule has 184 valence electrons. The first-order chi connectivity index (χ1) is 16.8. The van der Waals surface area contributed by atoms with Gasteiger partial charge in [-0.15, -0.1) is 0 Å². The van der Waals surface area contributed by atoms with Crippen LogP contribution in [-0.4, -0.2) is 75.8 Å². The summed E-state index contributed by atoms with van der Waals surface area (Å²) in [5.41, 5.74) is 6.15. The van der Waals surface area contributed by atoms with Gasteiger partial charge in [-0.3, -0.25) is 9.25 Å². The number of fused-ring (bicyclic) bond motifs is 1. The topological polar surface area (TPSA) is 97.9 Å². The highest BCUT2D eigenvalue weighted by Crippen LogP contribution is 2.31. The third kappa shape index (κ3) is 4.81. The van der Waals surface area contributed by atoms with Crippen LogP contribution in [0.4, 0.5) is 5.82 Å². The van der Waals surface area contributed by atoms with Crippen molar-refractivity contribution in [1.82, 2.24) is 29.2 Å². The quantitative estimate of drug-likeness (QED) is 0.423. The predicted molar refractivity (Wildman–Crippen MR) is 139 cm³/mol. The van der Waals surface area contributed by atoms with Gasteiger partial charge in [0.1, 0.15) is 11.5 Å². The largest absolute Gasteiger partial charge is 0.373 e. The molecule has 0 atom stereocenters. The molecule has 1 saturated heterocycles. The molecule has 10 heteroatoms. The smallest absolute Gasteiger partial charge is 0.152 e. The number of anilines is 1. The zero-order valence-corrected chi connectivity index (χ0v) is 21.2. The Bertz CT molecular complexity index is 1440. The Hall–Kier alpha value is -3.24. The van der Waals surface area contributed by atoms with E-state index in [1.807, 2.05) is 44.8 Å². The minimum Gasteiger partial charge on any atom is -0.373 e. The van der Waals surface area contributed by atoms with Gasteiger partial charge in [0, 0.05) is 56.2 Å². The van der Waals surface area contributed by atoms with Crippen molar-refractivity contribution in [3.05, 3.63) is 54.1 Å². The molecule has 35 heavy (non-hydrogen) atoms. The summed E-state index contributed by atoms with van der Waals surface area (Å²) in [6.07, 6.45) is 7.57. The minimum atomic E-state index is -2.85. The molecule has 4 aromatic heterocycles. The summed E-state index contributed by atoms with van der Waals surface area (Å²) < 4.78 is 27.5. The Labute approximate surface area is 205 Å². The second-order valence-electron chi connectivity index (χ2n) is 9.12. The number of pyridine rings is 2. The summed E-state index contributed by atoms with van der Waals surface area (Å²) in [6.45, 7) is 4.29. The highest BCUT2D eigenvalue weighted by atomic mass is 32.2. The number of nitrogens with zero attached hydrogens (tertiary/aromatic N) is 6. The van der Waals surface area contributed by atoms with Crippen molar-refractivity contribution in [3.8, 4) is 16.9 Å². The second-order valence-corrected chi connectivity index (χ2v) is 11.4. The van der Waals surface area contributed by atoms with Gasteiger partial charge in [-0.05, 0) is 56.1 Å². The Balaban J connectivity index is 1.47. The molecule has 0 bridgehead atoms. The molecule has 1 fully saturated rings. The van der Waals surface area contributed by atoms with Crippen LogP contribution in [0.15, 0.2) is 42.9 Å². The van der Waals surface area contributed by atoms with E-state index in [9.17, 15) is 8.42 Å². The first kappa shape index (κ1) is 23.5. The van der Waals surface area contributed by atoms with E-state index in [1.165, 1.54) is 5.56 Å². The first-order valence-corrected chi connectivity index (χ1v) is 13.7. The van der Waals surface area contributed by atoms with E-state index >= 15 is 0 Å². The maximum Gasteiger partial charge on any atom is 0.152 e. The summed E-state index contributed by atoms with van der Waals surface area (Å²) in [6, 6.07) is 8.19. The van der Waals surface area contributed by atoms with Crippen molar-refractivity contribution in [2.45, 2.75) is 19.8 Å². The molecular formula is C25H31N7O2S. The van der Waals surface area contributed by atoms with Crippen LogP contribution >= 0.6 is 0 Å². The standard InChI is InChI=1S/C25H31N7O2S/c1-18-21(5-4-10-31-11-13-35(33,34)14-12-31)22-7-8-23(19-6-9-24(26-2)27-15-19)29-25(22)32(18)20-16-28-30(3)17-20/h6-9,15-17H,4-5,10-14H2,1-3H3,(H,26,27). The predicted octanol–water partition coefficient (Wildman–Crippen LogP) is 2.83. The third-order valence-electron chi connectivity index (χ3n) is 6.79. The number of sulfone groups is 1. The molecule has 1 aliphatic rings. The number of rotatable bonds is 7. The fourth-order valence-corrected chi connectivity index (χ4v) is 6.08. The Morgan fingerprint density at radius 3 is 2.54 bits per heavy atom. The van der Waals surface area contributed by atoms with E-state index < -0.39 is 9.84 Å². The zero-order chi connectivity index (χ0) is 24.6. The van der Waals surface area contributed by atoms with Crippen molar-refractivity contribution in [2.24, 2.45) is 7.05 Å². The van der Waals surface area contributed by atoms with Crippen LogP contribution in [0.5, 0.6) is 0 Å². The molecule has 1 aliphatic heterocycles. The molecule has 0 aliphatic carbocycles. The second kappa shape index (κ2) is 9.43. The van der Waals surface area contributed by atoms with E-state index in [4.69, 9.17) is 4.98 Å². The molecule has 9 nitrogen and oxygen atoms in total. The summed E-state index contributed by atoms with van der Waals surface area (Å²) >= 11 is 0. The lowest BCUT2D eigenvalue weighted by molar-refractivity contribution is 0.292. The van der Waals surface area contributed by atoms with E-state index in [1.54, 1.807) is 4.68 Å². The Morgan fingerprint density at radius 1 is 1.09 bits per heavy atom. The molecule has 5 heterocycles. The molecular weight excluding hydrogens is 462 g/mol. The first-order valence-electron chi connectivity index (χ1n) is 11.9. The van der Waals surface area contributed by atoms with E-state index in [0.717, 1.165) is 58.9 Å².